The first kappa shape index (κ1) is 13.3. The van der Waals surface area contributed by atoms with Gasteiger partial charge in [0.1, 0.15) is 5.75 Å². The van der Waals surface area contributed by atoms with Crippen molar-refractivity contribution in [3.8, 4) is 5.75 Å². The number of rotatable bonds is 4. The molecule has 94 valence electrons. The van der Waals surface area contributed by atoms with Crippen LogP contribution in [0.5, 0.6) is 5.75 Å². The maximum absolute atomic E-state index is 12.1. The van der Waals surface area contributed by atoms with Crippen molar-refractivity contribution >= 4 is 5.97 Å². The predicted octanol–water partition coefficient (Wildman–Crippen LogP) is 2.69. The quantitative estimate of drug-likeness (QED) is 0.768. The molecule has 0 aromatic heterocycles. The van der Waals surface area contributed by atoms with Gasteiger partial charge in [-0.3, -0.25) is 4.79 Å². The van der Waals surface area contributed by atoms with Crippen LogP contribution in [-0.2, 0) is 16.0 Å². The van der Waals surface area contributed by atoms with Crippen LogP contribution in [0.2, 0.25) is 0 Å². The molecule has 0 saturated carbocycles. The minimum Gasteiger partial charge on any atom is -0.466 e. The largest absolute Gasteiger partial charge is 0.573 e. The maximum Gasteiger partial charge on any atom is 0.573 e. The normalized spacial score (nSPS) is 11.1. The van der Waals surface area contributed by atoms with Crippen molar-refractivity contribution in [3.05, 3.63) is 29.8 Å². The van der Waals surface area contributed by atoms with Crippen LogP contribution in [0, 0.1) is 0 Å². The number of halogens is 3. The molecule has 0 saturated heterocycles. The van der Waals surface area contributed by atoms with Gasteiger partial charge in [0.25, 0.3) is 0 Å². The van der Waals surface area contributed by atoms with Gasteiger partial charge in [-0.05, 0) is 13.0 Å². The first-order valence-corrected chi connectivity index (χ1v) is 4.91. The molecular formula is C11H11F3O3. The Morgan fingerprint density at radius 1 is 1.29 bits per heavy atom. The number of alkyl halides is 3. The highest BCUT2D eigenvalue weighted by Crippen LogP contribution is 2.26. The van der Waals surface area contributed by atoms with E-state index < -0.39 is 12.3 Å². The second-order valence-electron chi connectivity index (χ2n) is 3.14. The van der Waals surface area contributed by atoms with Crippen molar-refractivity contribution < 1.29 is 27.4 Å². The Morgan fingerprint density at radius 2 is 1.94 bits per heavy atom. The van der Waals surface area contributed by atoms with E-state index in [1.54, 1.807) is 6.92 Å². The first-order chi connectivity index (χ1) is 7.92. The van der Waals surface area contributed by atoms with Gasteiger partial charge in [0.2, 0.25) is 0 Å². The van der Waals surface area contributed by atoms with Gasteiger partial charge in [-0.2, -0.15) is 0 Å². The number of hydrogen-bond donors (Lipinski definition) is 0. The molecule has 6 heteroatoms. The molecule has 0 N–H and O–H groups in total. The van der Waals surface area contributed by atoms with Gasteiger partial charge >= 0.3 is 12.3 Å². The monoisotopic (exact) mass is 248 g/mol. The van der Waals surface area contributed by atoms with E-state index in [0.29, 0.717) is 0 Å². The van der Waals surface area contributed by atoms with Gasteiger partial charge in [-0.25, -0.2) is 0 Å². The minimum atomic E-state index is -4.77. The van der Waals surface area contributed by atoms with Crippen LogP contribution in [0.3, 0.4) is 0 Å². The van der Waals surface area contributed by atoms with Crippen LogP contribution in [0.4, 0.5) is 13.2 Å². The topological polar surface area (TPSA) is 35.5 Å². The third-order valence-corrected chi connectivity index (χ3v) is 1.84. The zero-order valence-corrected chi connectivity index (χ0v) is 9.08. The average Bonchev–Trinajstić information content (AvgIpc) is 2.19. The summed E-state index contributed by atoms with van der Waals surface area (Å²) in [5.41, 5.74) is 0.142. The van der Waals surface area contributed by atoms with E-state index in [2.05, 4.69) is 9.47 Å². The molecule has 0 radical (unpaired) electrons. The van der Waals surface area contributed by atoms with Crippen LogP contribution in [0.25, 0.3) is 0 Å². The molecule has 0 spiro atoms. The first-order valence-electron chi connectivity index (χ1n) is 4.91. The Morgan fingerprint density at radius 3 is 2.53 bits per heavy atom. The van der Waals surface area contributed by atoms with Crippen LogP contribution < -0.4 is 4.74 Å². The highest BCUT2D eigenvalue weighted by atomic mass is 19.4. The molecule has 1 aromatic rings. The van der Waals surface area contributed by atoms with E-state index in [4.69, 9.17) is 0 Å². The van der Waals surface area contributed by atoms with E-state index in [0.717, 1.165) is 6.07 Å². The lowest BCUT2D eigenvalue weighted by atomic mass is 10.1. The molecule has 0 aliphatic heterocycles. The number of carbonyl (C=O) groups excluding carboxylic acids is 1. The molecule has 0 aliphatic rings. The van der Waals surface area contributed by atoms with Gasteiger partial charge in [-0.15, -0.1) is 13.2 Å². The summed E-state index contributed by atoms with van der Waals surface area (Å²) in [6, 6.07) is 5.47. The van der Waals surface area contributed by atoms with E-state index >= 15 is 0 Å². The summed E-state index contributed by atoms with van der Waals surface area (Å²) in [4.78, 5) is 11.2. The molecule has 0 aliphatic carbocycles. The molecule has 3 nitrogen and oxygen atoms in total. The number of hydrogen-bond acceptors (Lipinski definition) is 3. The minimum absolute atomic E-state index is 0.142. The van der Waals surface area contributed by atoms with Gasteiger partial charge in [0.05, 0.1) is 13.0 Å². The molecule has 0 bridgehead atoms. The Labute approximate surface area is 96.1 Å². The smallest absolute Gasteiger partial charge is 0.466 e. The molecule has 0 heterocycles. The summed E-state index contributed by atoms with van der Waals surface area (Å²) in [6.45, 7) is 1.80. The number of ether oxygens (including phenoxy) is 2. The number of benzene rings is 1. The fraction of sp³-hybridized carbons (Fsp3) is 0.364. The third kappa shape index (κ3) is 4.76. The Hall–Kier alpha value is -1.72. The highest BCUT2D eigenvalue weighted by Gasteiger charge is 2.32. The van der Waals surface area contributed by atoms with Crippen LogP contribution in [0.15, 0.2) is 24.3 Å². The van der Waals surface area contributed by atoms with Crippen LogP contribution in [0.1, 0.15) is 12.5 Å². The van der Waals surface area contributed by atoms with Crippen molar-refractivity contribution in [2.45, 2.75) is 19.7 Å². The van der Waals surface area contributed by atoms with Gasteiger partial charge < -0.3 is 9.47 Å². The standard InChI is InChI=1S/C11H11F3O3/c1-2-16-10(15)7-8-5-3-4-6-9(8)17-11(12,13)14/h3-6H,2,7H2,1H3. The highest BCUT2D eigenvalue weighted by molar-refractivity contribution is 5.73. The van der Waals surface area contributed by atoms with Gasteiger partial charge in [0, 0.05) is 5.56 Å². The Bertz CT molecular complexity index is 388. The summed E-state index contributed by atoms with van der Waals surface area (Å²) in [5.74, 6) is -0.973. The number of carbonyl (C=O) groups is 1. The maximum atomic E-state index is 12.1. The lowest BCUT2D eigenvalue weighted by Crippen LogP contribution is -2.19. The fourth-order valence-electron chi connectivity index (χ4n) is 1.24. The van der Waals surface area contributed by atoms with E-state index in [1.807, 2.05) is 0 Å². The zero-order chi connectivity index (χ0) is 12.9. The van der Waals surface area contributed by atoms with Crippen molar-refractivity contribution in [1.82, 2.24) is 0 Å². The second-order valence-corrected chi connectivity index (χ2v) is 3.14. The second kappa shape index (κ2) is 5.56. The van der Waals surface area contributed by atoms with E-state index in [-0.39, 0.29) is 24.3 Å². The van der Waals surface area contributed by atoms with Crippen LogP contribution >= 0.6 is 0 Å². The lowest BCUT2D eigenvalue weighted by Gasteiger charge is -2.12. The molecule has 0 amide bonds. The predicted molar refractivity (Wildman–Crippen MR) is 53.5 cm³/mol. The summed E-state index contributed by atoms with van der Waals surface area (Å²) in [5, 5.41) is 0. The molecule has 1 rings (SSSR count). The summed E-state index contributed by atoms with van der Waals surface area (Å²) < 4.78 is 44.7. The van der Waals surface area contributed by atoms with Crippen molar-refractivity contribution in [3.63, 3.8) is 0 Å². The molecular weight excluding hydrogens is 237 g/mol. The summed E-state index contributed by atoms with van der Waals surface area (Å²) >= 11 is 0. The van der Waals surface area contributed by atoms with E-state index in [1.165, 1.54) is 18.2 Å². The molecule has 0 atom stereocenters. The molecule has 17 heavy (non-hydrogen) atoms. The third-order valence-electron chi connectivity index (χ3n) is 1.84. The average molecular weight is 248 g/mol. The lowest BCUT2D eigenvalue weighted by molar-refractivity contribution is -0.274. The number of esters is 1. The fourth-order valence-corrected chi connectivity index (χ4v) is 1.24. The molecule has 1 aromatic carbocycles. The number of para-hydroxylation sites is 1. The van der Waals surface area contributed by atoms with Crippen molar-refractivity contribution in [1.29, 1.82) is 0 Å². The van der Waals surface area contributed by atoms with Gasteiger partial charge in [-0.1, -0.05) is 18.2 Å². The van der Waals surface area contributed by atoms with Crippen molar-refractivity contribution in [2.75, 3.05) is 6.61 Å². The summed E-state index contributed by atoms with van der Waals surface area (Å²) in [6.07, 6.45) is -5.02. The van der Waals surface area contributed by atoms with Gasteiger partial charge in [0.15, 0.2) is 0 Å². The van der Waals surface area contributed by atoms with Crippen molar-refractivity contribution in [2.24, 2.45) is 0 Å². The van der Waals surface area contributed by atoms with E-state index in [9.17, 15) is 18.0 Å². The Balaban J connectivity index is 2.81. The van der Waals surface area contributed by atoms with Crippen LogP contribution in [-0.4, -0.2) is 18.9 Å². The molecule has 0 fully saturated rings. The molecule has 0 unspecified atom stereocenters. The Kier molecular flexibility index (Phi) is 4.37. The SMILES string of the molecule is CCOC(=O)Cc1ccccc1OC(F)(F)F. The zero-order valence-electron chi connectivity index (χ0n) is 9.08. The summed E-state index contributed by atoms with van der Waals surface area (Å²) in [7, 11) is 0.